The summed E-state index contributed by atoms with van der Waals surface area (Å²) >= 11 is 0. The minimum Gasteiger partial charge on any atom is -0.374 e. The van der Waals surface area contributed by atoms with Crippen LogP contribution in [-0.2, 0) is 35.5 Å². The van der Waals surface area contributed by atoms with Crippen molar-refractivity contribution in [3.8, 4) is 11.1 Å². The lowest BCUT2D eigenvalue weighted by atomic mass is 9.88. The minimum atomic E-state index is -2.07. The Bertz CT molecular complexity index is 3060. The van der Waals surface area contributed by atoms with Gasteiger partial charge in [0.25, 0.3) is 0 Å². The number of carbonyl (C=O) groups is 2. The van der Waals surface area contributed by atoms with E-state index in [0.29, 0.717) is 25.2 Å². The summed E-state index contributed by atoms with van der Waals surface area (Å²) in [5.41, 5.74) is 13.9. The first-order valence-corrected chi connectivity index (χ1v) is 27.2. The van der Waals surface area contributed by atoms with E-state index >= 15 is 0 Å². The number of hydrogen-bond donors (Lipinski definition) is 4. The third-order valence-corrected chi connectivity index (χ3v) is 18.0. The SMILES string of the molecule is C=C(C)C(=O)NCCCNCc1c2ccccc2c(CNCCCNC(=O)C(C)C)c2ccc(-c3cccc(C4=c5cc6c(cc5[Si-](C)(C)c5cc7c(cc54)CCN7C)=[N+](C)CC6)c3)cc12. The van der Waals surface area contributed by atoms with Gasteiger partial charge in [-0.15, -0.1) is 0 Å². The number of amides is 2. The van der Waals surface area contributed by atoms with Crippen LogP contribution < -0.4 is 51.7 Å². The quantitative estimate of drug-likeness (QED) is 0.0309. The topological polar surface area (TPSA) is 88.5 Å². The number of anilines is 1. The highest BCUT2D eigenvalue weighted by atomic mass is 28.3. The van der Waals surface area contributed by atoms with Crippen LogP contribution in [0.5, 0.6) is 0 Å². The summed E-state index contributed by atoms with van der Waals surface area (Å²) in [6.45, 7) is 20.9. The van der Waals surface area contributed by atoms with E-state index in [-0.39, 0.29) is 17.7 Å². The van der Waals surface area contributed by atoms with Gasteiger partial charge in [-0.05, 0) is 135 Å². The lowest BCUT2D eigenvalue weighted by Gasteiger charge is -2.43. The summed E-state index contributed by atoms with van der Waals surface area (Å²) < 4.78 is 2.45. The highest BCUT2D eigenvalue weighted by Crippen LogP contribution is 2.38. The number of fused-ring (bicyclic) bond motifs is 6. The molecule has 0 saturated heterocycles. The Hall–Kier alpha value is -5.87. The van der Waals surface area contributed by atoms with Crippen LogP contribution in [-0.4, -0.2) is 73.3 Å². The normalized spacial score (nSPS) is 14.7. The second kappa shape index (κ2) is 18.8. The highest BCUT2D eigenvalue weighted by Gasteiger charge is 2.31. The number of benzene rings is 6. The van der Waals surface area contributed by atoms with Crippen molar-refractivity contribution in [2.45, 2.75) is 72.6 Å². The first-order chi connectivity index (χ1) is 31.8. The molecule has 4 N–H and O–H groups in total. The summed E-state index contributed by atoms with van der Waals surface area (Å²) in [6.07, 6.45) is 3.84. The monoisotopic (exact) mass is 896 g/mol. The van der Waals surface area contributed by atoms with E-state index in [1.807, 2.05) is 13.8 Å². The Kier molecular flexibility index (Phi) is 12.9. The van der Waals surface area contributed by atoms with Gasteiger partial charge in [0.2, 0.25) is 11.8 Å². The second-order valence-corrected chi connectivity index (χ2v) is 24.1. The summed E-state index contributed by atoms with van der Waals surface area (Å²) in [5.74, 6) is -0.0149. The molecule has 8 nitrogen and oxygen atoms in total. The number of carbonyl (C=O) groups excluding carboxylic acids is 2. The number of nitrogens with zero attached hydrogens (tertiary/aromatic N) is 2. The zero-order valence-electron chi connectivity index (χ0n) is 40.1. The van der Waals surface area contributed by atoms with Crippen LogP contribution in [0.4, 0.5) is 5.69 Å². The van der Waals surface area contributed by atoms with Crippen molar-refractivity contribution in [2.75, 3.05) is 58.3 Å². The zero-order chi connectivity index (χ0) is 46.3. The summed E-state index contributed by atoms with van der Waals surface area (Å²) in [6, 6.07) is 35.4. The molecular weight excluding hydrogens is 829 g/mol. The lowest BCUT2D eigenvalue weighted by molar-refractivity contribution is -0.124. The standard InChI is InChI=1S/C57H66N6O2Si/c1-36(2)56(64)60-24-12-22-58-34-49-43-16-9-10-17-44(43)50(35-59-23-13-25-61-57(65)37(3)4)46-29-39(18-19-45(46)49)38-14-11-15-42(28-38)55-47-30-40-20-26-62(5)51(40)32-53(47)66(7,8)54-33-52-41(31-48(54)55)21-27-63(52)6/h9-11,14-19,28-33,36,58-59H,3,12-13,20-27,34-35H2,1-2,4-8H3,(H-,60,61,64,65)/q-1/p+1. The smallest absolute Gasteiger partial charge is 0.246 e. The van der Waals surface area contributed by atoms with Crippen molar-refractivity contribution in [1.29, 1.82) is 0 Å². The van der Waals surface area contributed by atoms with Crippen LogP contribution in [0.1, 0.15) is 67.0 Å². The number of likely N-dealkylation sites (N-methyl/N-ethyl adjacent to an activating group) is 2. The average molecular weight is 896 g/mol. The number of nitrogens with one attached hydrogen (secondary N) is 4. The van der Waals surface area contributed by atoms with Gasteiger partial charge in [0.05, 0.1) is 0 Å². The maximum Gasteiger partial charge on any atom is 0.246 e. The van der Waals surface area contributed by atoms with Crippen molar-refractivity contribution in [3.05, 3.63) is 147 Å². The van der Waals surface area contributed by atoms with Gasteiger partial charge in [-0.3, -0.25) is 9.59 Å². The molecule has 66 heavy (non-hydrogen) atoms. The molecule has 0 unspecified atom stereocenters. The maximum atomic E-state index is 12.2. The van der Waals surface area contributed by atoms with Gasteiger partial charge in [0.15, 0.2) is 5.36 Å². The van der Waals surface area contributed by atoms with Gasteiger partial charge in [-0.1, -0.05) is 95.2 Å². The second-order valence-electron chi connectivity index (χ2n) is 19.8. The van der Waals surface area contributed by atoms with Crippen molar-refractivity contribution in [2.24, 2.45) is 5.92 Å². The molecule has 0 bridgehead atoms. The Morgan fingerprint density at radius 2 is 1.39 bits per heavy atom. The Labute approximate surface area is 391 Å². The van der Waals surface area contributed by atoms with Gasteiger partial charge in [-0.2, -0.15) is 23.5 Å². The van der Waals surface area contributed by atoms with E-state index in [9.17, 15) is 9.59 Å². The van der Waals surface area contributed by atoms with Gasteiger partial charge in [0.1, 0.15) is 13.6 Å². The third kappa shape index (κ3) is 8.65. The molecule has 9 rings (SSSR count). The highest BCUT2D eigenvalue weighted by molar-refractivity contribution is 7.01. The van der Waals surface area contributed by atoms with Crippen LogP contribution in [0.3, 0.4) is 0 Å². The molecule has 0 atom stereocenters. The van der Waals surface area contributed by atoms with Crippen LogP contribution in [0.15, 0.2) is 103 Å². The van der Waals surface area contributed by atoms with Crippen molar-refractivity contribution in [3.63, 3.8) is 0 Å². The number of rotatable bonds is 16. The fourth-order valence-corrected chi connectivity index (χ4v) is 13.7. The molecule has 341 valence electrons. The van der Waals surface area contributed by atoms with Crippen LogP contribution >= 0.6 is 0 Å². The average Bonchev–Trinajstić information content (AvgIpc) is 3.87. The Balaban J connectivity index is 1.13. The molecule has 6 aromatic rings. The van der Waals surface area contributed by atoms with Gasteiger partial charge < -0.3 is 26.2 Å². The molecule has 0 fully saturated rings. The zero-order valence-corrected chi connectivity index (χ0v) is 41.1. The molecule has 3 aliphatic rings. The van der Waals surface area contributed by atoms with Gasteiger partial charge >= 0.3 is 0 Å². The maximum absolute atomic E-state index is 12.2. The predicted octanol–water partition coefficient (Wildman–Crippen LogP) is 6.14. The Morgan fingerprint density at radius 3 is 2.11 bits per heavy atom. The van der Waals surface area contributed by atoms with E-state index < -0.39 is 8.07 Å². The molecule has 0 aromatic heterocycles. The van der Waals surface area contributed by atoms with E-state index in [0.717, 1.165) is 58.4 Å². The van der Waals surface area contributed by atoms with E-state index in [2.05, 4.69) is 156 Å². The molecule has 3 heterocycles. The largest absolute Gasteiger partial charge is 0.374 e. The fourth-order valence-electron chi connectivity index (χ4n) is 10.6. The third-order valence-electron chi connectivity index (χ3n) is 14.5. The molecule has 2 amide bonds. The van der Waals surface area contributed by atoms with Gasteiger partial charge in [-0.25, -0.2) is 4.58 Å². The fraction of sp³-hybridized carbons (Fsp3) is 0.351. The molecule has 6 aromatic carbocycles. The van der Waals surface area contributed by atoms with Gasteiger partial charge in [0, 0.05) is 68.9 Å². The first kappa shape index (κ1) is 45.3. The summed E-state index contributed by atoms with van der Waals surface area (Å²) in [4.78, 5) is 26.8. The van der Waals surface area contributed by atoms with Crippen molar-refractivity contribution in [1.82, 2.24) is 25.8 Å². The summed E-state index contributed by atoms with van der Waals surface area (Å²) in [7, 11) is 2.42. The lowest BCUT2D eigenvalue weighted by Crippen LogP contribution is -2.63. The van der Waals surface area contributed by atoms with E-state index in [1.54, 1.807) is 6.92 Å². The number of hydrogen-bond acceptors (Lipinski definition) is 5. The van der Waals surface area contributed by atoms with Crippen LogP contribution in [0.2, 0.25) is 13.1 Å². The Morgan fingerprint density at radius 1 is 0.727 bits per heavy atom. The molecular formula is C57H67N6O2Si. The molecule has 0 radical (unpaired) electrons. The molecule has 0 aliphatic carbocycles. The molecule has 0 spiro atoms. The van der Waals surface area contributed by atoms with Crippen molar-refractivity contribution >= 4 is 63.1 Å². The molecule has 0 saturated carbocycles. The van der Waals surface area contributed by atoms with Crippen LogP contribution in [0, 0.1) is 5.92 Å². The van der Waals surface area contributed by atoms with Crippen molar-refractivity contribution < 1.29 is 9.59 Å². The van der Waals surface area contributed by atoms with Crippen LogP contribution in [0.25, 0.3) is 38.2 Å². The van der Waals surface area contributed by atoms with E-state index in [1.165, 1.54) is 98.3 Å². The molecule has 9 heteroatoms. The predicted molar refractivity (Wildman–Crippen MR) is 278 cm³/mol. The van der Waals surface area contributed by atoms with E-state index in [4.69, 9.17) is 0 Å². The first-order valence-electron chi connectivity index (χ1n) is 24.2. The minimum absolute atomic E-state index is 0.0158. The molecule has 3 aliphatic heterocycles. The summed E-state index contributed by atoms with van der Waals surface area (Å²) in [5, 5.41) is 24.4.